The third-order valence-electron chi connectivity index (χ3n) is 2.56. The Morgan fingerprint density at radius 2 is 1.94 bits per heavy atom. The second-order valence-corrected chi connectivity index (χ2v) is 3.95. The van der Waals surface area contributed by atoms with Crippen LogP contribution in [0.4, 0.5) is 4.39 Å². The van der Waals surface area contributed by atoms with Crippen molar-refractivity contribution in [3.05, 3.63) is 35.6 Å². The summed E-state index contributed by atoms with van der Waals surface area (Å²) in [6.07, 6.45) is 0.509. The molecule has 1 aromatic carbocycles. The van der Waals surface area contributed by atoms with Gasteiger partial charge in [0.25, 0.3) is 5.91 Å². The van der Waals surface area contributed by atoms with E-state index in [-0.39, 0.29) is 5.82 Å². The van der Waals surface area contributed by atoms with Gasteiger partial charge in [0.15, 0.2) is 6.04 Å². The van der Waals surface area contributed by atoms with Gasteiger partial charge in [-0.05, 0) is 24.1 Å². The van der Waals surface area contributed by atoms with E-state index >= 15 is 0 Å². The van der Waals surface area contributed by atoms with E-state index in [1.807, 2.05) is 0 Å². The third kappa shape index (κ3) is 3.81. The molecule has 1 aromatic rings. The summed E-state index contributed by atoms with van der Waals surface area (Å²) in [7, 11) is 1.48. The zero-order valence-electron chi connectivity index (χ0n) is 9.97. The highest BCUT2D eigenvalue weighted by Gasteiger charge is 2.24. The average Bonchev–Trinajstić information content (AvgIpc) is 2.35. The minimum Gasteiger partial charge on any atom is -0.480 e. The largest absolute Gasteiger partial charge is 0.480 e. The van der Waals surface area contributed by atoms with Gasteiger partial charge in [0.1, 0.15) is 5.82 Å². The highest BCUT2D eigenvalue weighted by molar-refractivity contribution is 6.00. The van der Waals surface area contributed by atoms with Crippen LogP contribution in [0.2, 0.25) is 0 Å². The van der Waals surface area contributed by atoms with Gasteiger partial charge in [0.05, 0.1) is 0 Å². The summed E-state index contributed by atoms with van der Waals surface area (Å²) in [5.41, 5.74) is 6.07. The molecule has 0 aliphatic carbocycles. The van der Waals surface area contributed by atoms with Crippen LogP contribution in [-0.2, 0) is 16.0 Å². The minimum absolute atomic E-state index is 0.323. The molecule has 0 aliphatic heterocycles. The SMILES string of the molecule is CN(CCc1ccc(F)cc1)C(=O)C(N)C(=O)O. The molecule has 18 heavy (non-hydrogen) atoms. The van der Waals surface area contributed by atoms with Crippen LogP contribution >= 0.6 is 0 Å². The van der Waals surface area contributed by atoms with Gasteiger partial charge in [0, 0.05) is 13.6 Å². The van der Waals surface area contributed by atoms with Crippen LogP contribution in [0.5, 0.6) is 0 Å². The van der Waals surface area contributed by atoms with Gasteiger partial charge in [0.2, 0.25) is 0 Å². The molecule has 6 heteroatoms. The standard InChI is InChI=1S/C12H15FN2O3/c1-15(11(16)10(14)12(17)18)7-6-8-2-4-9(13)5-3-8/h2-5,10H,6-7,14H2,1H3,(H,17,18). The number of carbonyl (C=O) groups excluding carboxylic acids is 1. The molecule has 0 heterocycles. The van der Waals surface area contributed by atoms with Crippen LogP contribution in [0.25, 0.3) is 0 Å². The number of rotatable bonds is 5. The molecule has 0 aromatic heterocycles. The summed E-state index contributed by atoms with van der Waals surface area (Å²) >= 11 is 0. The fourth-order valence-corrected chi connectivity index (χ4v) is 1.40. The number of nitrogens with two attached hydrogens (primary N) is 1. The summed E-state index contributed by atoms with van der Waals surface area (Å²) in [6, 6.07) is 4.36. The van der Waals surface area contributed by atoms with Crippen LogP contribution in [-0.4, -0.2) is 41.5 Å². The molecule has 98 valence electrons. The van der Waals surface area contributed by atoms with Gasteiger partial charge in [-0.1, -0.05) is 12.1 Å². The third-order valence-corrected chi connectivity index (χ3v) is 2.56. The summed E-state index contributed by atoms with van der Waals surface area (Å²) in [5, 5.41) is 8.60. The number of likely N-dealkylation sites (N-methyl/N-ethyl adjacent to an activating group) is 1. The van der Waals surface area contributed by atoms with Gasteiger partial charge in [-0.25, -0.2) is 9.18 Å². The number of carboxylic acid groups (broad SMARTS) is 1. The molecule has 1 unspecified atom stereocenters. The fraction of sp³-hybridized carbons (Fsp3) is 0.333. The van der Waals surface area contributed by atoms with E-state index < -0.39 is 17.9 Å². The lowest BCUT2D eigenvalue weighted by molar-refractivity contribution is -0.145. The molecular formula is C12H15FN2O3. The number of carboxylic acids is 1. The number of hydrogen-bond donors (Lipinski definition) is 2. The van der Waals surface area contributed by atoms with Crippen molar-refractivity contribution in [2.24, 2.45) is 5.73 Å². The summed E-state index contributed by atoms with van der Waals surface area (Å²) in [5.74, 6) is -2.32. The quantitative estimate of drug-likeness (QED) is 0.737. The maximum Gasteiger partial charge on any atom is 0.330 e. The number of nitrogens with zero attached hydrogens (tertiary/aromatic N) is 1. The highest BCUT2D eigenvalue weighted by Crippen LogP contribution is 2.04. The molecular weight excluding hydrogens is 239 g/mol. The van der Waals surface area contributed by atoms with Crippen molar-refractivity contribution in [3.63, 3.8) is 0 Å². The van der Waals surface area contributed by atoms with Gasteiger partial charge in [-0.15, -0.1) is 0 Å². The summed E-state index contributed by atoms with van der Waals surface area (Å²) in [4.78, 5) is 23.3. The molecule has 0 radical (unpaired) electrons. The van der Waals surface area contributed by atoms with Crippen molar-refractivity contribution >= 4 is 11.9 Å². The molecule has 0 bridgehead atoms. The molecule has 0 saturated carbocycles. The van der Waals surface area contributed by atoms with Gasteiger partial charge < -0.3 is 15.7 Å². The maximum atomic E-state index is 12.7. The van der Waals surface area contributed by atoms with Gasteiger partial charge in [-0.3, -0.25) is 4.79 Å². The van der Waals surface area contributed by atoms with Crippen molar-refractivity contribution in [2.45, 2.75) is 12.5 Å². The van der Waals surface area contributed by atoms with E-state index in [9.17, 15) is 14.0 Å². The lowest BCUT2D eigenvalue weighted by Crippen LogP contribution is -2.47. The Balaban J connectivity index is 2.50. The van der Waals surface area contributed by atoms with E-state index in [0.29, 0.717) is 13.0 Å². The lowest BCUT2D eigenvalue weighted by Gasteiger charge is -2.19. The monoisotopic (exact) mass is 254 g/mol. The molecule has 0 saturated heterocycles. The van der Waals surface area contributed by atoms with Crippen LogP contribution < -0.4 is 5.73 Å². The zero-order chi connectivity index (χ0) is 13.7. The zero-order valence-corrected chi connectivity index (χ0v) is 9.97. The Hall–Kier alpha value is -1.95. The number of halogens is 1. The highest BCUT2D eigenvalue weighted by atomic mass is 19.1. The number of amides is 1. The van der Waals surface area contributed by atoms with Crippen molar-refractivity contribution in [2.75, 3.05) is 13.6 Å². The second kappa shape index (κ2) is 6.11. The van der Waals surface area contributed by atoms with Gasteiger partial charge in [-0.2, -0.15) is 0 Å². The first kappa shape index (κ1) is 14.1. The Bertz CT molecular complexity index is 433. The predicted octanol–water partition coefficient (Wildman–Crippen LogP) is 0.239. The number of aliphatic carboxylic acids is 1. The summed E-state index contributed by atoms with van der Waals surface area (Å²) < 4.78 is 12.7. The van der Waals surface area contributed by atoms with Crippen LogP contribution in [0.3, 0.4) is 0 Å². The smallest absolute Gasteiger partial charge is 0.330 e. The van der Waals surface area contributed by atoms with E-state index in [2.05, 4.69) is 0 Å². The minimum atomic E-state index is -1.54. The molecule has 1 amide bonds. The molecule has 3 N–H and O–H groups in total. The van der Waals surface area contributed by atoms with Crippen molar-refractivity contribution < 1.29 is 19.1 Å². The van der Waals surface area contributed by atoms with Crippen LogP contribution in [0, 0.1) is 5.82 Å². The van der Waals surface area contributed by atoms with Crippen LogP contribution in [0.1, 0.15) is 5.56 Å². The number of hydrogen-bond acceptors (Lipinski definition) is 3. The Labute approximate surface area is 104 Å². The van der Waals surface area contributed by atoms with Crippen molar-refractivity contribution in [1.82, 2.24) is 4.90 Å². The fourth-order valence-electron chi connectivity index (χ4n) is 1.40. The Morgan fingerprint density at radius 3 is 2.44 bits per heavy atom. The van der Waals surface area contributed by atoms with E-state index in [1.54, 1.807) is 12.1 Å². The Kier molecular flexibility index (Phi) is 4.79. The van der Waals surface area contributed by atoms with Gasteiger partial charge >= 0.3 is 5.97 Å². The van der Waals surface area contributed by atoms with Crippen LogP contribution in [0.15, 0.2) is 24.3 Å². The van der Waals surface area contributed by atoms with E-state index in [4.69, 9.17) is 10.8 Å². The maximum absolute atomic E-state index is 12.7. The normalized spacial score (nSPS) is 11.9. The van der Waals surface area contributed by atoms with Crippen molar-refractivity contribution in [3.8, 4) is 0 Å². The molecule has 0 aliphatic rings. The Morgan fingerprint density at radius 1 is 1.39 bits per heavy atom. The predicted molar refractivity (Wildman–Crippen MR) is 63.4 cm³/mol. The first-order valence-corrected chi connectivity index (χ1v) is 5.39. The molecule has 0 spiro atoms. The first-order chi connectivity index (χ1) is 8.41. The lowest BCUT2D eigenvalue weighted by atomic mass is 10.1. The molecule has 0 fully saturated rings. The number of benzene rings is 1. The molecule has 1 atom stereocenters. The molecule has 5 nitrogen and oxygen atoms in total. The average molecular weight is 254 g/mol. The van der Waals surface area contributed by atoms with E-state index in [0.717, 1.165) is 5.56 Å². The van der Waals surface area contributed by atoms with Crippen molar-refractivity contribution in [1.29, 1.82) is 0 Å². The second-order valence-electron chi connectivity index (χ2n) is 3.95. The molecule has 1 rings (SSSR count). The summed E-state index contributed by atoms with van der Waals surface area (Å²) in [6.45, 7) is 0.325. The van der Waals surface area contributed by atoms with E-state index in [1.165, 1.54) is 24.1 Å². The topological polar surface area (TPSA) is 83.6 Å². The number of carbonyl (C=O) groups is 2. The first-order valence-electron chi connectivity index (χ1n) is 5.39.